The smallest absolute Gasteiger partial charge is 0.162 e. The van der Waals surface area contributed by atoms with Crippen LogP contribution in [0.4, 0.5) is 0 Å². The quantitative estimate of drug-likeness (QED) is 0.806. The summed E-state index contributed by atoms with van der Waals surface area (Å²) < 4.78 is 1.89. The largest absolute Gasteiger partial charge is 0.312 e. The predicted molar refractivity (Wildman–Crippen MR) is 91.2 cm³/mol. The van der Waals surface area contributed by atoms with Gasteiger partial charge in [0.15, 0.2) is 5.65 Å². The molecule has 3 aromatic rings. The van der Waals surface area contributed by atoms with Gasteiger partial charge in [-0.3, -0.25) is 4.90 Å². The summed E-state index contributed by atoms with van der Waals surface area (Å²) in [6, 6.07) is 10.8. The third-order valence-electron chi connectivity index (χ3n) is 4.35. The molecule has 0 spiro atoms. The van der Waals surface area contributed by atoms with Crippen LogP contribution in [0.3, 0.4) is 0 Å². The first-order valence-electron chi connectivity index (χ1n) is 8.13. The van der Waals surface area contributed by atoms with Crippen LogP contribution in [0, 0.1) is 0 Å². The standard InChI is InChI=1S/C18H21N5/c1-14-11-22(8-7-19-14)12-15-9-20-18-17(10-21-23(18)13-15)16-5-3-2-4-6-16/h2-6,9-10,13-14,19H,7-8,11-12H2,1H3/t14-/m1/s1. The van der Waals surface area contributed by atoms with Crippen molar-refractivity contribution >= 4 is 5.65 Å². The molecule has 5 heteroatoms. The first kappa shape index (κ1) is 14.4. The number of hydrogen-bond donors (Lipinski definition) is 1. The Morgan fingerprint density at radius 1 is 1.22 bits per heavy atom. The lowest BCUT2D eigenvalue weighted by atomic mass is 10.1. The number of nitrogens with one attached hydrogen (secondary N) is 1. The number of nitrogens with zero attached hydrogens (tertiary/aromatic N) is 4. The molecule has 3 heterocycles. The monoisotopic (exact) mass is 307 g/mol. The van der Waals surface area contributed by atoms with E-state index in [1.807, 2.05) is 35.1 Å². The lowest BCUT2D eigenvalue weighted by molar-refractivity contribution is 0.199. The van der Waals surface area contributed by atoms with Gasteiger partial charge in [-0.15, -0.1) is 0 Å². The molecular formula is C18H21N5. The molecule has 1 fully saturated rings. The van der Waals surface area contributed by atoms with E-state index in [0.717, 1.165) is 43.0 Å². The predicted octanol–water partition coefficient (Wildman–Crippen LogP) is 2.19. The minimum absolute atomic E-state index is 0.551. The van der Waals surface area contributed by atoms with Crippen LogP contribution in [0.5, 0.6) is 0 Å². The van der Waals surface area contributed by atoms with Crippen LogP contribution in [0.1, 0.15) is 12.5 Å². The van der Waals surface area contributed by atoms with E-state index in [1.54, 1.807) is 0 Å². The van der Waals surface area contributed by atoms with Crippen LogP contribution in [-0.4, -0.2) is 45.2 Å². The Labute approximate surface area is 136 Å². The molecule has 0 bridgehead atoms. The van der Waals surface area contributed by atoms with Gasteiger partial charge >= 0.3 is 0 Å². The third kappa shape index (κ3) is 2.98. The van der Waals surface area contributed by atoms with Gasteiger partial charge in [-0.25, -0.2) is 9.50 Å². The fourth-order valence-corrected chi connectivity index (χ4v) is 3.23. The normalized spacial score (nSPS) is 19.3. The maximum Gasteiger partial charge on any atom is 0.162 e. The third-order valence-corrected chi connectivity index (χ3v) is 4.35. The van der Waals surface area contributed by atoms with E-state index >= 15 is 0 Å². The summed E-state index contributed by atoms with van der Waals surface area (Å²) in [4.78, 5) is 7.12. The Balaban J connectivity index is 1.60. The Morgan fingerprint density at radius 2 is 2.09 bits per heavy atom. The first-order valence-corrected chi connectivity index (χ1v) is 8.13. The zero-order chi connectivity index (χ0) is 15.6. The molecule has 1 aliphatic heterocycles. The Bertz CT molecular complexity index is 796. The molecule has 23 heavy (non-hydrogen) atoms. The van der Waals surface area contributed by atoms with Crippen LogP contribution in [0.2, 0.25) is 0 Å². The highest BCUT2D eigenvalue weighted by atomic mass is 15.2. The van der Waals surface area contributed by atoms with Gasteiger partial charge in [0.1, 0.15) is 0 Å². The van der Waals surface area contributed by atoms with Gasteiger partial charge in [-0.05, 0) is 12.5 Å². The molecular weight excluding hydrogens is 286 g/mol. The van der Waals surface area contributed by atoms with E-state index in [0.29, 0.717) is 6.04 Å². The molecule has 0 saturated carbocycles. The van der Waals surface area contributed by atoms with Gasteiger partial charge in [-0.1, -0.05) is 30.3 Å². The fourth-order valence-electron chi connectivity index (χ4n) is 3.23. The van der Waals surface area contributed by atoms with E-state index in [1.165, 1.54) is 5.56 Å². The van der Waals surface area contributed by atoms with Crippen molar-refractivity contribution in [3.05, 3.63) is 54.5 Å². The van der Waals surface area contributed by atoms with Crippen molar-refractivity contribution in [3.8, 4) is 11.1 Å². The van der Waals surface area contributed by atoms with E-state index in [4.69, 9.17) is 0 Å². The van der Waals surface area contributed by atoms with Crippen LogP contribution < -0.4 is 5.32 Å². The minimum atomic E-state index is 0.551. The van der Waals surface area contributed by atoms with Crippen molar-refractivity contribution in [2.24, 2.45) is 0 Å². The number of aromatic nitrogens is 3. The van der Waals surface area contributed by atoms with Crippen LogP contribution >= 0.6 is 0 Å². The van der Waals surface area contributed by atoms with Crippen molar-refractivity contribution in [2.75, 3.05) is 19.6 Å². The topological polar surface area (TPSA) is 45.5 Å². The van der Waals surface area contributed by atoms with Gasteiger partial charge in [0, 0.05) is 55.7 Å². The molecule has 1 N–H and O–H groups in total. The minimum Gasteiger partial charge on any atom is -0.312 e. The molecule has 1 aliphatic rings. The second-order valence-corrected chi connectivity index (χ2v) is 6.24. The molecule has 2 aromatic heterocycles. The lowest BCUT2D eigenvalue weighted by Gasteiger charge is -2.31. The van der Waals surface area contributed by atoms with Crippen molar-refractivity contribution in [2.45, 2.75) is 19.5 Å². The average Bonchev–Trinajstić information content (AvgIpc) is 2.99. The summed E-state index contributed by atoms with van der Waals surface area (Å²) in [6.45, 7) is 6.36. The summed E-state index contributed by atoms with van der Waals surface area (Å²) in [5.41, 5.74) is 4.34. The average molecular weight is 307 g/mol. The summed E-state index contributed by atoms with van der Waals surface area (Å²) in [5.74, 6) is 0. The second kappa shape index (κ2) is 6.10. The van der Waals surface area contributed by atoms with Gasteiger partial charge in [-0.2, -0.15) is 5.10 Å². The molecule has 1 atom stereocenters. The van der Waals surface area contributed by atoms with Crippen molar-refractivity contribution in [1.82, 2.24) is 24.8 Å². The summed E-state index contributed by atoms with van der Waals surface area (Å²) in [7, 11) is 0. The van der Waals surface area contributed by atoms with E-state index in [2.05, 4.69) is 45.6 Å². The van der Waals surface area contributed by atoms with Crippen molar-refractivity contribution < 1.29 is 0 Å². The van der Waals surface area contributed by atoms with Crippen LogP contribution in [0.15, 0.2) is 48.9 Å². The van der Waals surface area contributed by atoms with Crippen molar-refractivity contribution in [3.63, 3.8) is 0 Å². The molecule has 0 radical (unpaired) electrons. The van der Waals surface area contributed by atoms with Crippen LogP contribution in [0.25, 0.3) is 16.8 Å². The van der Waals surface area contributed by atoms with Gasteiger partial charge in [0.2, 0.25) is 0 Å². The number of hydrogen-bond acceptors (Lipinski definition) is 4. The molecule has 0 amide bonds. The zero-order valence-corrected chi connectivity index (χ0v) is 13.3. The second-order valence-electron chi connectivity index (χ2n) is 6.24. The maximum absolute atomic E-state index is 4.66. The number of rotatable bonds is 3. The summed E-state index contributed by atoms with van der Waals surface area (Å²) in [6.07, 6.45) is 5.98. The first-order chi connectivity index (χ1) is 11.3. The Hall–Kier alpha value is -2.24. The highest BCUT2D eigenvalue weighted by Crippen LogP contribution is 2.23. The number of fused-ring (bicyclic) bond motifs is 1. The highest BCUT2D eigenvalue weighted by molar-refractivity contribution is 5.76. The van der Waals surface area contributed by atoms with Gasteiger partial charge in [0.05, 0.1) is 6.20 Å². The number of piperazine rings is 1. The molecule has 1 saturated heterocycles. The maximum atomic E-state index is 4.66. The molecule has 4 rings (SSSR count). The molecule has 5 nitrogen and oxygen atoms in total. The SMILES string of the molecule is C[C@@H]1CN(Cc2cnc3c(-c4ccccc4)cnn3c2)CCN1. The summed E-state index contributed by atoms with van der Waals surface area (Å²) in [5, 5.41) is 7.96. The van der Waals surface area contributed by atoms with Gasteiger partial charge < -0.3 is 5.32 Å². The zero-order valence-electron chi connectivity index (χ0n) is 13.3. The van der Waals surface area contributed by atoms with E-state index in [-0.39, 0.29) is 0 Å². The Kier molecular flexibility index (Phi) is 3.81. The van der Waals surface area contributed by atoms with Gasteiger partial charge in [0.25, 0.3) is 0 Å². The van der Waals surface area contributed by atoms with E-state index < -0.39 is 0 Å². The van der Waals surface area contributed by atoms with E-state index in [9.17, 15) is 0 Å². The molecule has 0 aliphatic carbocycles. The lowest BCUT2D eigenvalue weighted by Crippen LogP contribution is -2.48. The molecule has 118 valence electrons. The van der Waals surface area contributed by atoms with Crippen molar-refractivity contribution in [1.29, 1.82) is 0 Å². The number of benzene rings is 1. The van der Waals surface area contributed by atoms with Crippen LogP contribution in [-0.2, 0) is 6.54 Å². The highest BCUT2D eigenvalue weighted by Gasteiger charge is 2.16. The fraction of sp³-hybridized carbons (Fsp3) is 0.333. The molecule has 0 unspecified atom stereocenters. The summed E-state index contributed by atoms with van der Waals surface area (Å²) >= 11 is 0. The molecule has 1 aromatic carbocycles. The Morgan fingerprint density at radius 3 is 2.91 bits per heavy atom.